The lowest BCUT2D eigenvalue weighted by molar-refractivity contribution is -0.149. The number of alkyl halides is 2. The van der Waals surface area contributed by atoms with Gasteiger partial charge < -0.3 is 15.0 Å². The van der Waals surface area contributed by atoms with Crippen molar-refractivity contribution in [3.8, 4) is 17.1 Å². The Kier molecular flexibility index (Phi) is 7.23. The zero-order chi connectivity index (χ0) is 25.2. The zero-order valence-electron chi connectivity index (χ0n) is 18.5. The average molecular weight is 524 g/mol. The van der Waals surface area contributed by atoms with Gasteiger partial charge in [0.1, 0.15) is 5.92 Å². The molecule has 0 radical (unpaired) electrons. The third-order valence-electron chi connectivity index (χ3n) is 5.69. The highest BCUT2D eigenvalue weighted by Gasteiger charge is 2.49. The molecule has 1 aromatic carbocycles. The van der Waals surface area contributed by atoms with E-state index in [0.29, 0.717) is 32.7 Å². The highest BCUT2D eigenvalue weighted by molar-refractivity contribution is 6.33. The van der Waals surface area contributed by atoms with Crippen LogP contribution in [0, 0.1) is 5.92 Å². The lowest BCUT2D eigenvalue weighted by Crippen LogP contribution is -2.55. The van der Waals surface area contributed by atoms with E-state index < -0.39 is 30.2 Å². The second kappa shape index (κ2) is 10.2. The smallest absolute Gasteiger partial charge is 0.276 e. The van der Waals surface area contributed by atoms with Crippen molar-refractivity contribution in [3.05, 3.63) is 63.9 Å². The molecule has 1 atom stereocenters. The molecule has 0 saturated carbocycles. The van der Waals surface area contributed by atoms with Gasteiger partial charge in [0.2, 0.25) is 11.8 Å². The number of rotatable bonds is 6. The Morgan fingerprint density at radius 2 is 2.09 bits per heavy atom. The van der Waals surface area contributed by atoms with E-state index >= 15 is 0 Å². The molecular weight excluding hydrogens is 503 g/mol. The molecule has 35 heavy (non-hydrogen) atoms. The number of carbonyl (C=O) groups excluding carboxylic acids is 2. The quantitative estimate of drug-likeness (QED) is 0.504. The highest BCUT2D eigenvalue weighted by Crippen LogP contribution is 2.34. The van der Waals surface area contributed by atoms with Crippen LogP contribution in [0.4, 0.5) is 8.78 Å². The third kappa shape index (κ3) is 5.54. The summed E-state index contributed by atoms with van der Waals surface area (Å²) in [7, 11) is 1.45. The minimum atomic E-state index is -3.41. The molecule has 0 spiro atoms. The Hall–Kier alpha value is -3.24. The molecule has 1 fully saturated rings. The van der Waals surface area contributed by atoms with Crippen molar-refractivity contribution >= 4 is 35.0 Å². The molecule has 8 nitrogen and oxygen atoms in total. The van der Waals surface area contributed by atoms with Crippen molar-refractivity contribution in [1.82, 2.24) is 25.4 Å². The van der Waals surface area contributed by atoms with Gasteiger partial charge in [-0.25, -0.2) is 13.8 Å². The second-order valence-corrected chi connectivity index (χ2v) is 8.89. The highest BCUT2D eigenvalue weighted by atomic mass is 35.5. The number of nitrogens with one attached hydrogen (secondary N) is 2. The van der Waals surface area contributed by atoms with Gasteiger partial charge in [0.25, 0.3) is 11.8 Å². The van der Waals surface area contributed by atoms with Crippen molar-refractivity contribution in [2.45, 2.75) is 18.9 Å². The van der Waals surface area contributed by atoms with Gasteiger partial charge in [-0.05, 0) is 30.2 Å². The molecule has 3 heterocycles. The molecule has 1 unspecified atom stereocenters. The van der Waals surface area contributed by atoms with Crippen LogP contribution in [0.3, 0.4) is 0 Å². The maximum absolute atomic E-state index is 14.9. The number of amides is 2. The van der Waals surface area contributed by atoms with Crippen molar-refractivity contribution in [3.63, 3.8) is 0 Å². The van der Waals surface area contributed by atoms with E-state index in [1.807, 2.05) is 0 Å². The Morgan fingerprint density at radius 3 is 2.80 bits per heavy atom. The lowest BCUT2D eigenvalue weighted by atomic mass is 9.91. The molecule has 1 saturated heterocycles. The van der Waals surface area contributed by atoms with Crippen molar-refractivity contribution < 1.29 is 23.1 Å². The van der Waals surface area contributed by atoms with Crippen LogP contribution in [0.25, 0.3) is 11.3 Å². The Morgan fingerprint density at radius 1 is 1.29 bits per heavy atom. The number of halogens is 4. The fraction of sp³-hybridized carbons (Fsp3) is 0.304. The molecule has 184 valence electrons. The van der Waals surface area contributed by atoms with Gasteiger partial charge in [-0.3, -0.25) is 14.7 Å². The Labute approximate surface area is 209 Å². The lowest BCUT2D eigenvalue weighted by Gasteiger charge is -2.37. The first-order valence-electron chi connectivity index (χ1n) is 10.6. The minimum Gasteiger partial charge on any atom is -0.481 e. The molecule has 0 bridgehead atoms. The largest absolute Gasteiger partial charge is 0.481 e. The van der Waals surface area contributed by atoms with Gasteiger partial charge in [0.15, 0.2) is 5.69 Å². The zero-order valence-corrected chi connectivity index (χ0v) is 20.0. The number of ether oxygens (including phenoxy) is 1. The number of nitrogens with zero attached hydrogens (tertiary/aromatic N) is 3. The van der Waals surface area contributed by atoms with Gasteiger partial charge in [-0.2, -0.15) is 5.10 Å². The minimum absolute atomic E-state index is 0.0182. The van der Waals surface area contributed by atoms with E-state index in [4.69, 9.17) is 27.9 Å². The van der Waals surface area contributed by atoms with Crippen LogP contribution in [-0.2, 0) is 11.3 Å². The molecule has 2 N–H and O–H groups in total. The van der Waals surface area contributed by atoms with Crippen LogP contribution in [0.15, 0.2) is 42.6 Å². The second-order valence-electron chi connectivity index (χ2n) is 8.05. The van der Waals surface area contributed by atoms with Gasteiger partial charge in [-0.15, -0.1) is 0 Å². The average Bonchev–Trinajstić information content (AvgIpc) is 3.32. The van der Waals surface area contributed by atoms with E-state index in [1.165, 1.54) is 19.4 Å². The fourth-order valence-electron chi connectivity index (χ4n) is 3.86. The number of likely N-dealkylation sites (tertiary alicyclic amines) is 1. The van der Waals surface area contributed by atoms with Gasteiger partial charge in [-0.1, -0.05) is 35.3 Å². The van der Waals surface area contributed by atoms with Crippen LogP contribution >= 0.6 is 23.2 Å². The Balaban J connectivity index is 1.41. The van der Waals surface area contributed by atoms with E-state index in [1.54, 1.807) is 30.3 Å². The topological polar surface area (TPSA) is 100 Å². The van der Waals surface area contributed by atoms with Crippen molar-refractivity contribution in [1.29, 1.82) is 0 Å². The number of aromatic amines is 1. The van der Waals surface area contributed by atoms with Crippen LogP contribution in [0.1, 0.15) is 22.5 Å². The summed E-state index contributed by atoms with van der Waals surface area (Å²) in [5.74, 6) is -6.11. The number of pyridine rings is 1. The first-order valence-corrected chi connectivity index (χ1v) is 11.4. The van der Waals surface area contributed by atoms with Crippen LogP contribution < -0.4 is 10.1 Å². The number of aromatic nitrogens is 3. The summed E-state index contributed by atoms with van der Waals surface area (Å²) in [6, 6.07) is 9.75. The predicted octanol–water partition coefficient (Wildman–Crippen LogP) is 4.20. The normalized spacial score (nSPS) is 17.2. The molecule has 12 heteroatoms. The standard InChI is InChI=1S/C23H21Cl2F2N5O3/c1-35-20-8-15(17(25)11-28-20)18-9-19(31-30-18)22(34)32-6-5-16(23(26,27)12-32)21(33)29-10-13-3-2-4-14(24)7-13/h2-4,7-9,11,16H,5-6,10,12H2,1H3,(H,29,33)(H,30,31). The first kappa shape index (κ1) is 24.9. The summed E-state index contributed by atoms with van der Waals surface area (Å²) in [6.07, 6.45) is 1.20. The maximum Gasteiger partial charge on any atom is 0.276 e. The summed E-state index contributed by atoms with van der Waals surface area (Å²) in [4.78, 5) is 30.4. The summed E-state index contributed by atoms with van der Waals surface area (Å²) >= 11 is 12.1. The molecule has 0 aliphatic carbocycles. The van der Waals surface area contributed by atoms with E-state index in [0.717, 1.165) is 4.90 Å². The van der Waals surface area contributed by atoms with Crippen LogP contribution in [-0.4, -0.2) is 58.0 Å². The SMILES string of the molecule is COc1cc(-c2cc(C(=O)N3CCC(C(=O)NCc4cccc(Cl)c4)C(F)(F)C3)n[nH]2)c(Cl)cn1. The summed E-state index contributed by atoms with van der Waals surface area (Å²) in [5, 5.41) is 9.98. The Bertz CT molecular complexity index is 1250. The number of piperidine rings is 1. The number of hydrogen-bond acceptors (Lipinski definition) is 5. The number of methoxy groups -OCH3 is 1. The fourth-order valence-corrected chi connectivity index (χ4v) is 4.28. The van der Waals surface area contributed by atoms with Crippen molar-refractivity contribution in [2.75, 3.05) is 20.2 Å². The monoisotopic (exact) mass is 523 g/mol. The molecule has 1 aliphatic heterocycles. The number of carbonyl (C=O) groups is 2. The van der Waals surface area contributed by atoms with E-state index in [2.05, 4.69) is 20.5 Å². The number of H-pyrrole nitrogens is 1. The predicted molar refractivity (Wildman–Crippen MR) is 126 cm³/mol. The number of benzene rings is 1. The van der Waals surface area contributed by atoms with Crippen LogP contribution in [0.5, 0.6) is 5.88 Å². The van der Waals surface area contributed by atoms with Gasteiger partial charge >= 0.3 is 0 Å². The van der Waals surface area contributed by atoms with Crippen molar-refractivity contribution in [2.24, 2.45) is 5.92 Å². The molecule has 2 amide bonds. The molecule has 4 rings (SSSR count). The molecule has 1 aliphatic rings. The summed E-state index contributed by atoms with van der Waals surface area (Å²) < 4.78 is 34.9. The van der Waals surface area contributed by atoms with Crippen LogP contribution in [0.2, 0.25) is 10.0 Å². The van der Waals surface area contributed by atoms with E-state index in [-0.39, 0.29) is 25.2 Å². The summed E-state index contributed by atoms with van der Waals surface area (Å²) in [5.41, 5.74) is 1.54. The molecule has 3 aromatic rings. The molecule has 2 aromatic heterocycles. The summed E-state index contributed by atoms with van der Waals surface area (Å²) in [6.45, 7) is -0.837. The first-order chi connectivity index (χ1) is 16.7. The number of hydrogen-bond donors (Lipinski definition) is 2. The third-order valence-corrected chi connectivity index (χ3v) is 6.22. The van der Waals surface area contributed by atoms with Gasteiger partial charge in [0.05, 0.1) is 30.6 Å². The molecular formula is C23H21Cl2F2N5O3. The van der Waals surface area contributed by atoms with E-state index in [9.17, 15) is 18.4 Å². The maximum atomic E-state index is 14.9. The van der Waals surface area contributed by atoms with Gasteiger partial charge in [0, 0.05) is 29.7 Å².